The van der Waals surface area contributed by atoms with Crippen molar-refractivity contribution in [3.63, 3.8) is 0 Å². The molecule has 1 heterocycles. The van der Waals surface area contributed by atoms with E-state index in [1.807, 2.05) is 13.0 Å². The van der Waals surface area contributed by atoms with E-state index in [-0.39, 0.29) is 12.5 Å². The lowest BCUT2D eigenvalue weighted by Crippen LogP contribution is -2.11. The Balaban J connectivity index is 2.05. The molecule has 4 nitrogen and oxygen atoms in total. The molecular formula is C17H16N2O2. The molecule has 1 aromatic heterocycles. The van der Waals surface area contributed by atoms with Crippen LogP contribution in [0.25, 0.3) is 0 Å². The van der Waals surface area contributed by atoms with Gasteiger partial charge in [0.2, 0.25) is 0 Å². The van der Waals surface area contributed by atoms with Gasteiger partial charge in [-0.15, -0.1) is 0 Å². The van der Waals surface area contributed by atoms with Crippen LogP contribution in [0.4, 0.5) is 5.69 Å². The van der Waals surface area contributed by atoms with Crippen molar-refractivity contribution in [2.24, 2.45) is 0 Å². The van der Waals surface area contributed by atoms with E-state index in [2.05, 4.69) is 22.1 Å². The van der Waals surface area contributed by atoms with Crippen LogP contribution >= 0.6 is 0 Å². The van der Waals surface area contributed by atoms with Gasteiger partial charge in [0.05, 0.1) is 6.61 Å². The first kappa shape index (κ1) is 14.8. The van der Waals surface area contributed by atoms with E-state index in [1.54, 1.807) is 36.5 Å². The van der Waals surface area contributed by atoms with Gasteiger partial charge in [0.1, 0.15) is 0 Å². The van der Waals surface area contributed by atoms with Crippen molar-refractivity contribution in [1.82, 2.24) is 4.98 Å². The summed E-state index contributed by atoms with van der Waals surface area (Å²) < 4.78 is 0. The Hall–Kier alpha value is -2.64. The Labute approximate surface area is 123 Å². The second-order valence-electron chi connectivity index (χ2n) is 4.49. The van der Waals surface area contributed by atoms with Gasteiger partial charge in [-0.25, -0.2) is 0 Å². The first-order valence-corrected chi connectivity index (χ1v) is 6.63. The first-order valence-electron chi connectivity index (χ1n) is 6.63. The maximum Gasteiger partial charge on any atom is 0.255 e. The van der Waals surface area contributed by atoms with Gasteiger partial charge < -0.3 is 10.4 Å². The van der Waals surface area contributed by atoms with Crippen molar-refractivity contribution in [2.45, 2.75) is 13.3 Å². The monoisotopic (exact) mass is 280 g/mol. The van der Waals surface area contributed by atoms with Crippen molar-refractivity contribution in [1.29, 1.82) is 0 Å². The third-order valence-corrected chi connectivity index (χ3v) is 2.77. The quantitative estimate of drug-likeness (QED) is 0.849. The Bertz CT molecular complexity index is 682. The average molecular weight is 280 g/mol. The Morgan fingerprint density at radius 2 is 2.05 bits per heavy atom. The lowest BCUT2D eigenvalue weighted by Gasteiger charge is -2.05. The number of nitrogens with one attached hydrogen (secondary N) is 1. The molecule has 0 unspecified atom stereocenters. The topological polar surface area (TPSA) is 62.2 Å². The number of carbonyl (C=O) groups excluding carboxylic acids is 1. The number of pyridine rings is 1. The Morgan fingerprint density at radius 1 is 1.29 bits per heavy atom. The zero-order chi connectivity index (χ0) is 15.1. The van der Waals surface area contributed by atoms with Crippen LogP contribution in [-0.2, 0) is 0 Å². The number of hydrogen-bond donors (Lipinski definition) is 2. The van der Waals surface area contributed by atoms with E-state index in [1.165, 1.54) is 0 Å². The molecule has 1 aromatic carbocycles. The van der Waals surface area contributed by atoms with E-state index in [4.69, 9.17) is 5.11 Å². The van der Waals surface area contributed by atoms with Gasteiger partial charge in [0.25, 0.3) is 5.91 Å². The van der Waals surface area contributed by atoms with Crippen molar-refractivity contribution in [2.75, 3.05) is 11.9 Å². The molecule has 0 spiro atoms. The van der Waals surface area contributed by atoms with Crippen LogP contribution < -0.4 is 5.32 Å². The Kier molecular flexibility index (Phi) is 5.08. The summed E-state index contributed by atoms with van der Waals surface area (Å²) in [6.45, 7) is 1.92. The number of rotatable bonds is 3. The van der Waals surface area contributed by atoms with E-state index in [0.717, 1.165) is 16.9 Å². The molecule has 0 aliphatic rings. The number of amides is 1. The van der Waals surface area contributed by atoms with E-state index in [0.29, 0.717) is 12.0 Å². The Morgan fingerprint density at radius 3 is 2.71 bits per heavy atom. The number of benzene rings is 1. The van der Waals surface area contributed by atoms with Crippen molar-refractivity contribution in [3.8, 4) is 11.8 Å². The fraction of sp³-hybridized carbons (Fsp3) is 0.176. The number of aliphatic hydroxyl groups is 1. The standard InChI is InChI=1S/C17H16N2O2/c1-13-12-16(9-10-18-13)19-17(21)15-7-5-14(6-8-15)4-2-3-11-20/h5-10,12,20H,3,11H2,1H3,(H,18,19,21). The van der Waals surface area contributed by atoms with E-state index < -0.39 is 0 Å². The molecule has 0 fully saturated rings. The van der Waals surface area contributed by atoms with Crippen LogP contribution in [0, 0.1) is 18.8 Å². The molecule has 21 heavy (non-hydrogen) atoms. The van der Waals surface area contributed by atoms with Gasteiger partial charge in [-0.3, -0.25) is 9.78 Å². The molecule has 0 atom stereocenters. The van der Waals surface area contributed by atoms with Gasteiger partial charge in [-0.05, 0) is 43.3 Å². The van der Waals surface area contributed by atoms with E-state index >= 15 is 0 Å². The van der Waals surface area contributed by atoms with E-state index in [9.17, 15) is 4.79 Å². The van der Waals surface area contributed by atoms with Gasteiger partial charge in [0.15, 0.2) is 0 Å². The maximum atomic E-state index is 12.1. The second kappa shape index (κ2) is 7.22. The third kappa shape index (κ3) is 4.44. The number of nitrogens with zero attached hydrogens (tertiary/aromatic N) is 1. The third-order valence-electron chi connectivity index (χ3n) is 2.77. The smallest absolute Gasteiger partial charge is 0.255 e. The minimum Gasteiger partial charge on any atom is -0.395 e. The lowest BCUT2D eigenvalue weighted by atomic mass is 10.1. The number of aryl methyl sites for hydroxylation is 1. The first-order chi connectivity index (χ1) is 10.2. The van der Waals surface area contributed by atoms with Gasteiger partial charge in [-0.2, -0.15) is 0 Å². The van der Waals surface area contributed by atoms with Crippen LogP contribution in [0.15, 0.2) is 42.6 Å². The normalized spacial score (nSPS) is 9.62. The highest BCUT2D eigenvalue weighted by atomic mass is 16.2. The van der Waals surface area contributed by atoms with Crippen molar-refractivity contribution >= 4 is 11.6 Å². The fourth-order valence-corrected chi connectivity index (χ4v) is 1.75. The molecule has 2 aromatic rings. The largest absolute Gasteiger partial charge is 0.395 e. The number of aromatic nitrogens is 1. The zero-order valence-electron chi connectivity index (χ0n) is 11.8. The summed E-state index contributed by atoms with van der Waals surface area (Å²) >= 11 is 0. The summed E-state index contributed by atoms with van der Waals surface area (Å²) in [5, 5.41) is 11.5. The van der Waals surface area contributed by atoms with Crippen molar-refractivity contribution < 1.29 is 9.90 Å². The molecule has 4 heteroatoms. The van der Waals surface area contributed by atoms with Crippen LogP contribution in [0.5, 0.6) is 0 Å². The molecule has 0 bridgehead atoms. The number of anilines is 1. The highest BCUT2D eigenvalue weighted by molar-refractivity contribution is 6.04. The number of aliphatic hydroxyl groups excluding tert-OH is 1. The van der Waals surface area contributed by atoms with Gasteiger partial charge in [0, 0.05) is 35.1 Å². The SMILES string of the molecule is Cc1cc(NC(=O)c2ccc(C#CCCO)cc2)ccn1. The molecule has 0 saturated heterocycles. The van der Waals surface area contributed by atoms with Crippen LogP contribution in [-0.4, -0.2) is 22.6 Å². The molecular weight excluding hydrogens is 264 g/mol. The molecule has 2 N–H and O–H groups in total. The maximum absolute atomic E-state index is 12.1. The van der Waals surface area contributed by atoms with Crippen LogP contribution in [0.3, 0.4) is 0 Å². The predicted molar refractivity (Wildman–Crippen MR) is 82.0 cm³/mol. The van der Waals surface area contributed by atoms with Crippen LogP contribution in [0.2, 0.25) is 0 Å². The molecule has 2 rings (SSSR count). The summed E-state index contributed by atoms with van der Waals surface area (Å²) in [6, 6.07) is 10.6. The van der Waals surface area contributed by atoms with Crippen LogP contribution in [0.1, 0.15) is 28.0 Å². The summed E-state index contributed by atoms with van der Waals surface area (Å²) in [7, 11) is 0. The molecule has 0 aliphatic heterocycles. The molecule has 0 radical (unpaired) electrons. The summed E-state index contributed by atoms with van der Waals surface area (Å²) in [5.41, 5.74) is 2.96. The second-order valence-corrected chi connectivity index (χ2v) is 4.49. The van der Waals surface area contributed by atoms with Crippen molar-refractivity contribution in [3.05, 3.63) is 59.4 Å². The fourth-order valence-electron chi connectivity index (χ4n) is 1.75. The summed E-state index contributed by atoms with van der Waals surface area (Å²) in [5.74, 6) is 5.59. The lowest BCUT2D eigenvalue weighted by molar-refractivity contribution is 0.102. The predicted octanol–water partition coefficient (Wildman–Crippen LogP) is 2.38. The highest BCUT2D eigenvalue weighted by Crippen LogP contribution is 2.10. The zero-order valence-corrected chi connectivity index (χ0v) is 11.8. The summed E-state index contributed by atoms with van der Waals surface area (Å²) in [4.78, 5) is 16.2. The van der Waals surface area contributed by atoms with Gasteiger partial charge in [-0.1, -0.05) is 11.8 Å². The average Bonchev–Trinajstić information content (AvgIpc) is 2.48. The molecule has 0 saturated carbocycles. The molecule has 0 aliphatic carbocycles. The minimum atomic E-state index is -0.171. The molecule has 1 amide bonds. The minimum absolute atomic E-state index is 0.0544. The highest BCUT2D eigenvalue weighted by Gasteiger charge is 2.05. The molecule has 106 valence electrons. The number of carbonyl (C=O) groups is 1. The summed E-state index contributed by atoms with van der Waals surface area (Å²) in [6.07, 6.45) is 2.11. The number of hydrogen-bond acceptors (Lipinski definition) is 3. The van der Waals surface area contributed by atoms with Gasteiger partial charge >= 0.3 is 0 Å².